The van der Waals surface area contributed by atoms with Crippen LogP contribution < -0.4 is 5.32 Å². The zero-order valence-electron chi connectivity index (χ0n) is 20.2. The summed E-state index contributed by atoms with van der Waals surface area (Å²) >= 11 is 1.49. The molecule has 0 aliphatic heterocycles. The van der Waals surface area contributed by atoms with Crippen LogP contribution in [0.2, 0.25) is 0 Å². The molecule has 33 heavy (non-hydrogen) atoms. The summed E-state index contributed by atoms with van der Waals surface area (Å²) in [4.78, 5) is 12.1. The molecule has 7 heteroatoms. The van der Waals surface area contributed by atoms with E-state index < -0.39 is 11.7 Å². The largest absolute Gasteiger partial charge is 0.507 e. The summed E-state index contributed by atoms with van der Waals surface area (Å²) in [5, 5.41) is 13.5. The van der Waals surface area contributed by atoms with Crippen LogP contribution in [0.3, 0.4) is 0 Å². The molecule has 2 N–H and O–H groups in total. The van der Waals surface area contributed by atoms with Gasteiger partial charge in [-0.1, -0.05) is 53.7 Å². The van der Waals surface area contributed by atoms with E-state index in [0.717, 1.165) is 47.4 Å². The van der Waals surface area contributed by atoms with E-state index in [1.807, 2.05) is 0 Å². The fourth-order valence-electron chi connectivity index (χ4n) is 3.46. The van der Waals surface area contributed by atoms with Crippen molar-refractivity contribution in [2.75, 3.05) is 16.8 Å². The number of carbonyl (C=O) groups is 1. The van der Waals surface area contributed by atoms with Gasteiger partial charge in [-0.25, -0.2) is 0 Å². The van der Waals surface area contributed by atoms with Crippen molar-refractivity contribution in [3.05, 3.63) is 58.7 Å². The molecule has 0 saturated heterocycles. The van der Waals surface area contributed by atoms with E-state index in [2.05, 4.69) is 59.0 Å². The van der Waals surface area contributed by atoms with Crippen molar-refractivity contribution in [2.45, 2.75) is 71.4 Å². The van der Waals surface area contributed by atoms with Crippen LogP contribution in [0.25, 0.3) is 0 Å². The molecule has 3 nitrogen and oxygen atoms in total. The quantitative estimate of drug-likeness (QED) is 0.408. The van der Waals surface area contributed by atoms with Gasteiger partial charge in [-0.2, -0.15) is 24.9 Å². The Morgan fingerprint density at radius 3 is 1.91 bits per heavy atom. The number of nitrogens with one attached hydrogen (secondary N) is 1. The lowest BCUT2D eigenvalue weighted by atomic mass is 9.78. The van der Waals surface area contributed by atoms with Crippen molar-refractivity contribution >= 4 is 23.4 Å². The molecule has 2 aromatic carbocycles. The van der Waals surface area contributed by atoms with E-state index in [1.54, 1.807) is 0 Å². The van der Waals surface area contributed by atoms with E-state index in [-0.39, 0.29) is 22.5 Å². The number of thioether (sulfide) groups is 1. The minimum absolute atomic E-state index is 0.175. The molecule has 0 aromatic heterocycles. The number of hydrogen-bond donors (Lipinski definition) is 2. The summed E-state index contributed by atoms with van der Waals surface area (Å²) in [6.45, 7) is 12.5. The minimum atomic E-state index is -4.39. The molecule has 0 fully saturated rings. The number of phenolic OH excluding ortho intramolecular Hbond substituents is 1. The molecule has 1 amide bonds. The molecular formula is C26H34F3NO2S. The van der Waals surface area contributed by atoms with Crippen molar-refractivity contribution in [1.29, 1.82) is 0 Å². The summed E-state index contributed by atoms with van der Waals surface area (Å²) in [6.07, 6.45) is -2.69. The van der Waals surface area contributed by atoms with Crippen LogP contribution in [-0.2, 0) is 28.2 Å². The third-order valence-electron chi connectivity index (χ3n) is 5.27. The molecule has 0 bridgehead atoms. The van der Waals surface area contributed by atoms with E-state index >= 15 is 0 Å². The first-order valence-corrected chi connectivity index (χ1v) is 12.2. The molecule has 0 spiro atoms. The second kappa shape index (κ2) is 10.4. The number of alkyl halides is 3. The molecule has 0 radical (unpaired) electrons. The van der Waals surface area contributed by atoms with Gasteiger partial charge in [0.25, 0.3) is 0 Å². The maximum Gasteiger partial charge on any atom is 0.416 e. The maximum atomic E-state index is 12.6. The monoisotopic (exact) mass is 481 g/mol. The molecule has 0 heterocycles. The number of hydrogen-bond acceptors (Lipinski definition) is 3. The second-order valence-corrected chi connectivity index (χ2v) is 11.4. The van der Waals surface area contributed by atoms with Gasteiger partial charge in [-0.3, -0.25) is 4.79 Å². The Bertz CT molecular complexity index is 920. The van der Waals surface area contributed by atoms with Crippen molar-refractivity contribution in [3.63, 3.8) is 0 Å². The Kier molecular flexibility index (Phi) is 8.55. The average Bonchev–Trinajstić information content (AvgIpc) is 2.66. The van der Waals surface area contributed by atoms with Gasteiger partial charge in [0.15, 0.2) is 0 Å². The van der Waals surface area contributed by atoms with Gasteiger partial charge in [0.05, 0.1) is 11.3 Å². The summed E-state index contributed by atoms with van der Waals surface area (Å²) in [6, 6.07) is 8.58. The Hall–Kier alpha value is -2.15. The third-order valence-corrected chi connectivity index (χ3v) is 6.31. The molecule has 0 saturated carbocycles. The van der Waals surface area contributed by atoms with Gasteiger partial charge in [-0.05, 0) is 70.4 Å². The smallest absolute Gasteiger partial charge is 0.416 e. The van der Waals surface area contributed by atoms with E-state index in [1.165, 1.54) is 23.9 Å². The van der Waals surface area contributed by atoms with E-state index in [0.29, 0.717) is 11.4 Å². The Morgan fingerprint density at radius 1 is 0.939 bits per heavy atom. The lowest BCUT2D eigenvalue weighted by Crippen LogP contribution is -2.18. The Labute approximate surface area is 199 Å². The number of carbonyl (C=O) groups excluding carboxylic acids is 1. The third kappa shape index (κ3) is 7.98. The standard InChI is InChI=1S/C26H34F3NO2S/c1-24(2,3)20-14-17(15-21(23(20)32)25(4,5)6)8-7-13-33-16-22(31)30-19-11-9-18(10-12-19)26(27,28)29/h9-12,14-15,32H,7-8,13,16H2,1-6H3,(H,30,31). The number of anilines is 1. The van der Waals surface area contributed by atoms with Gasteiger partial charge >= 0.3 is 6.18 Å². The summed E-state index contributed by atoms with van der Waals surface area (Å²) in [5.74, 6) is 1.14. The van der Waals surface area contributed by atoms with Gasteiger partial charge in [0.1, 0.15) is 5.75 Å². The van der Waals surface area contributed by atoms with Crippen LogP contribution in [0.15, 0.2) is 36.4 Å². The van der Waals surface area contributed by atoms with Crippen molar-refractivity contribution in [3.8, 4) is 5.75 Å². The Balaban J connectivity index is 1.89. The molecule has 0 atom stereocenters. The van der Waals surface area contributed by atoms with Gasteiger partial charge in [-0.15, -0.1) is 0 Å². The van der Waals surface area contributed by atoms with Crippen LogP contribution in [0.1, 0.15) is 70.2 Å². The van der Waals surface area contributed by atoms with Crippen LogP contribution in [0, 0.1) is 0 Å². The summed E-state index contributed by atoms with van der Waals surface area (Å²) < 4.78 is 37.9. The molecule has 0 aliphatic rings. The highest BCUT2D eigenvalue weighted by Gasteiger charge is 2.30. The molecule has 0 unspecified atom stereocenters. The maximum absolute atomic E-state index is 12.6. The topological polar surface area (TPSA) is 49.3 Å². The molecule has 2 aromatic rings. The van der Waals surface area contributed by atoms with Crippen LogP contribution in [-0.4, -0.2) is 22.5 Å². The average molecular weight is 482 g/mol. The first-order chi connectivity index (χ1) is 15.1. The lowest BCUT2D eigenvalue weighted by Gasteiger charge is -2.28. The van der Waals surface area contributed by atoms with Crippen LogP contribution in [0.5, 0.6) is 5.75 Å². The highest BCUT2D eigenvalue weighted by Crippen LogP contribution is 2.40. The number of benzene rings is 2. The molecule has 2 rings (SSSR count). The van der Waals surface area contributed by atoms with Crippen molar-refractivity contribution in [1.82, 2.24) is 0 Å². The predicted octanol–water partition coefficient (Wildman–Crippen LogP) is 7.31. The second-order valence-electron chi connectivity index (χ2n) is 10.3. The fourth-order valence-corrected chi connectivity index (χ4v) is 4.22. The predicted molar refractivity (Wildman–Crippen MR) is 131 cm³/mol. The SMILES string of the molecule is CC(C)(C)c1cc(CCCSCC(=O)Nc2ccc(C(F)(F)F)cc2)cc(C(C)(C)C)c1O. The summed E-state index contributed by atoms with van der Waals surface area (Å²) in [7, 11) is 0. The number of aryl methyl sites for hydroxylation is 1. The van der Waals surface area contributed by atoms with Crippen molar-refractivity contribution < 1.29 is 23.1 Å². The molecule has 0 aliphatic carbocycles. The van der Waals surface area contributed by atoms with Gasteiger partial charge in [0.2, 0.25) is 5.91 Å². The summed E-state index contributed by atoms with van der Waals surface area (Å²) in [5.41, 5.74) is 2.30. The number of phenols is 1. The minimum Gasteiger partial charge on any atom is -0.507 e. The zero-order chi connectivity index (χ0) is 25.0. The molecule has 182 valence electrons. The Morgan fingerprint density at radius 2 is 1.45 bits per heavy atom. The van der Waals surface area contributed by atoms with Gasteiger partial charge in [0, 0.05) is 5.69 Å². The molecular weight excluding hydrogens is 447 g/mol. The number of rotatable bonds is 7. The number of aromatic hydroxyl groups is 1. The fraction of sp³-hybridized carbons (Fsp3) is 0.500. The van der Waals surface area contributed by atoms with E-state index in [4.69, 9.17) is 0 Å². The van der Waals surface area contributed by atoms with E-state index in [9.17, 15) is 23.1 Å². The highest BCUT2D eigenvalue weighted by molar-refractivity contribution is 7.99. The first kappa shape index (κ1) is 27.1. The van der Waals surface area contributed by atoms with Crippen LogP contribution in [0.4, 0.5) is 18.9 Å². The first-order valence-electron chi connectivity index (χ1n) is 11.0. The zero-order valence-corrected chi connectivity index (χ0v) is 21.0. The number of halogens is 3. The lowest BCUT2D eigenvalue weighted by molar-refractivity contribution is -0.137. The highest BCUT2D eigenvalue weighted by atomic mass is 32.2. The van der Waals surface area contributed by atoms with Crippen LogP contribution >= 0.6 is 11.8 Å². The normalized spacial score (nSPS) is 12.6. The van der Waals surface area contributed by atoms with Crippen molar-refractivity contribution in [2.24, 2.45) is 0 Å². The van der Waals surface area contributed by atoms with Gasteiger partial charge < -0.3 is 10.4 Å². The number of amides is 1.